The molecule has 9 heteroatoms. The predicted octanol–water partition coefficient (Wildman–Crippen LogP) is 1.13. The van der Waals surface area contributed by atoms with E-state index in [9.17, 15) is 24.2 Å². The van der Waals surface area contributed by atoms with Crippen molar-refractivity contribution in [3.8, 4) is 11.6 Å². The number of carbonyl (C=O) groups excluding carboxylic acids is 2. The topological polar surface area (TPSA) is 122 Å². The van der Waals surface area contributed by atoms with Gasteiger partial charge in [0, 0.05) is 6.54 Å². The van der Waals surface area contributed by atoms with Crippen molar-refractivity contribution in [3.05, 3.63) is 47.2 Å². The summed E-state index contributed by atoms with van der Waals surface area (Å²) < 4.78 is 17.5. The van der Waals surface area contributed by atoms with Gasteiger partial charge in [0.25, 0.3) is 11.8 Å². The van der Waals surface area contributed by atoms with E-state index in [1.54, 1.807) is 6.92 Å². The van der Waals surface area contributed by atoms with Crippen molar-refractivity contribution in [1.82, 2.24) is 15.3 Å². The number of rotatable bonds is 5. The van der Waals surface area contributed by atoms with Crippen molar-refractivity contribution in [1.29, 1.82) is 0 Å². The van der Waals surface area contributed by atoms with Crippen LogP contribution in [0.15, 0.2) is 24.3 Å². The number of ether oxygens (including phenoxy) is 1. The average Bonchev–Trinajstić information content (AvgIpc) is 2.56. The molecule has 24 heavy (non-hydrogen) atoms. The second-order valence-corrected chi connectivity index (χ2v) is 4.60. The second-order valence-electron chi connectivity index (χ2n) is 4.60. The third-order valence-electron chi connectivity index (χ3n) is 2.91. The Morgan fingerprint density at radius 3 is 2.50 bits per heavy atom. The minimum Gasteiger partial charge on any atom is -0.501 e. The van der Waals surface area contributed by atoms with Crippen LogP contribution in [0.5, 0.6) is 11.6 Å². The van der Waals surface area contributed by atoms with Gasteiger partial charge in [-0.2, -0.15) is 4.98 Å². The number of nitrogens with zero attached hydrogens (tertiary/aromatic N) is 2. The lowest BCUT2D eigenvalue weighted by Gasteiger charge is -2.08. The van der Waals surface area contributed by atoms with Crippen LogP contribution in [0.3, 0.4) is 0 Å². The van der Waals surface area contributed by atoms with Gasteiger partial charge in [0.15, 0.2) is 5.69 Å². The third kappa shape index (κ3) is 3.94. The zero-order valence-electron chi connectivity index (χ0n) is 12.6. The Bertz CT molecular complexity index is 764. The van der Waals surface area contributed by atoms with Gasteiger partial charge in [-0.3, -0.25) is 4.79 Å². The highest BCUT2D eigenvalue weighted by Gasteiger charge is 2.23. The van der Waals surface area contributed by atoms with E-state index in [1.807, 2.05) is 0 Å². The number of nitrogens with one attached hydrogen (secondary N) is 1. The fourth-order valence-corrected chi connectivity index (χ4v) is 1.76. The number of carbonyl (C=O) groups is 2. The minimum atomic E-state index is -0.944. The van der Waals surface area contributed by atoms with Gasteiger partial charge in [0.1, 0.15) is 5.82 Å². The standard InChI is InChI=1S/C15H14FN3O5/c1-2-24-15(23)12-18-10(11(20)14(22)19-12)13(21)17-7-8-3-5-9(16)6-4-8/h3-6,20H,2,7H2,1H3,(H,17,21)(H,18,19,22). The van der Waals surface area contributed by atoms with E-state index in [0.29, 0.717) is 5.56 Å². The molecule has 8 nitrogen and oxygen atoms in total. The van der Waals surface area contributed by atoms with Crippen LogP contribution in [0, 0.1) is 5.82 Å². The Hall–Kier alpha value is -3.23. The molecule has 1 heterocycles. The number of esters is 1. The second kappa shape index (κ2) is 7.36. The van der Waals surface area contributed by atoms with Gasteiger partial charge in [0.05, 0.1) is 6.61 Å². The van der Waals surface area contributed by atoms with Gasteiger partial charge in [0.2, 0.25) is 11.6 Å². The van der Waals surface area contributed by atoms with E-state index in [0.717, 1.165) is 0 Å². The lowest BCUT2D eigenvalue weighted by atomic mass is 10.2. The molecule has 1 aromatic heterocycles. The summed E-state index contributed by atoms with van der Waals surface area (Å²) in [4.78, 5) is 30.6. The number of hydrogen-bond donors (Lipinski definition) is 3. The summed E-state index contributed by atoms with van der Waals surface area (Å²) in [5, 5.41) is 21.7. The van der Waals surface area contributed by atoms with Crippen LogP contribution < -0.4 is 5.32 Å². The van der Waals surface area contributed by atoms with Gasteiger partial charge in [-0.1, -0.05) is 12.1 Å². The van der Waals surface area contributed by atoms with Crippen molar-refractivity contribution in [3.63, 3.8) is 0 Å². The molecule has 0 aliphatic carbocycles. The minimum absolute atomic E-state index is 0.0259. The molecule has 0 unspecified atom stereocenters. The molecule has 0 fully saturated rings. The van der Waals surface area contributed by atoms with E-state index in [2.05, 4.69) is 20.0 Å². The van der Waals surface area contributed by atoms with Gasteiger partial charge >= 0.3 is 5.97 Å². The zero-order valence-corrected chi connectivity index (χ0v) is 12.6. The Morgan fingerprint density at radius 1 is 1.21 bits per heavy atom. The molecule has 0 saturated carbocycles. The third-order valence-corrected chi connectivity index (χ3v) is 2.91. The van der Waals surface area contributed by atoms with Gasteiger partial charge < -0.3 is 20.3 Å². The van der Waals surface area contributed by atoms with Crippen LogP contribution in [0.1, 0.15) is 33.6 Å². The molecular weight excluding hydrogens is 321 g/mol. The summed E-state index contributed by atoms with van der Waals surface area (Å²) in [6.45, 7) is 1.64. The van der Waals surface area contributed by atoms with Crippen LogP contribution in [0.4, 0.5) is 4.39 Å². The Labute approximate surface area is 135 Å². The summed E-state index contributed by atoms with van der Waals surface area (Å²) in [5.41, 5.74) is 0.0285. The molecule has 0 aliphatic heterocycles. The van der Waals surface area contributed by atoms with Crippen molar-refractivity contribution in [2.45, 2.75) is 13.5 Å². The van der Waals surface area contributed by atoms with Crippen LogP contribution in [0.25, 0.3) is 0 Å². The van der Waals surface area contributed by atoms with Crippen LogP contribution in [-0.4, -0.2) is 38.7 Å². The number of benzene rings is 1. The zero-order chi connectivity index (χ0) is 17.7. The fraction of sp³-hybridized carbons (Fsp3) is 0.200. The van der Waals surface area contributed by atoms with Crippen molar-refractivity contribution < 1.29 is 28.9 Å². The maximum absolute atomic E-state index is 12.8. The van der Waals surface area contributed by atoms with Crippen molar-refractivity contribution in [2.75, 3.05) is 6.61 Å². The molecule has 0 atom stereocenters. The molecule has 2 aromatic rings. The van der Waals surface area contributed by atoms with Crippen LogP contribution >= 0.6 is 0 Å². The smallest absolute Gasteiger partial charge is 0.376 e. The normalized spacial score (nSPS) is 10.2. The number of halogens is 1. The Balaban J connectivity index is 2.18. The molecule has 1 aromatic carbocycles. The number of aromatic nitrogens is 2. The molecule has 2 rings (SSSR count). The molecule has 0 saturated heterocycles. The first-order valence-electron chi connectivity index (χ1n) is 6.92. The SMILES string of the molecule is CCOC(=O)c1nc(O)c(O)c(C(=O)NCc2ccc(F)cc2)n1. The Kier molecular flexibility index (Phi) is 5.25. The lowest BCUT2D eigenvalue weighted by Crippen LogP contribution is -2.25. The summed E-state index contributed by atoms with van der Waals surface area (Å²) in [7, 11) is 0. The largest absolute Gasteiger partial charge is 0.501 e. The fourth-order valence-electron chi connectivity index (χ4n) is 1.76. The van der Waals surface area contributed by atoms with Crippen molar-refractivity contribution >= 4 is 11.9 Å². The van der Waals surface area contributed by atoms with E-state index >= 15 is 0 Å². The van der Waals surface area contributed by atoms with Crippen LogP contribution in [0.2, 0.25) is 0 Å². The summed E-state index contributed by atoms with van der Waals surface area (Å²) in [6, 6.07) is 5.40. The maximum atomic E-state index is 12.8. The molecule has 3 N–H and O–H groups in total. The molecule has 0 spiro atoms. The highest BCUT2D eigenvalue weighted by Crippen LogP contribution is 2.25. The molecule has 0 bridgehead atoms. The van der Waals surface area contributed by atoms with E-state index in [-0.39, 0.29) is 13.2 Å². The maximum Gasteiger partial charge on any atom is 0.376 e. The van der Waals surface area contributed by atoms with Gasteiger partial charge in [-0.25, -0.2) is 14.2 Å². The summed E-state index contributed by atoms with van der Waals surface area (Å²) in [6.07, 6.45) is 0. The van der Waals surface area contributed by atoms with Crippen LogP contribution in [-0.2, 0) is 11.3 Å². The van der Waals surface area contributed by atoms with Gasteiger partial charge in [-0.05, 0) is 24.6 Å². The highest BCUT2D eigenvalue weighted by molar-refractivity contribution is 5.96. The molecule has 0 aliphatic rings. The molecular formula is C15H14FN3O5. The average molecular weight is 335 g/mol. The van der Waals surface area contributed by atoms with E-state index in [4.69, 9.17) is 0 Å². The number of amides is 1. The number of hydrogen-bond acceptors (Lipinski definition) is 7. The first kappa shape index (κ1) is 17.1. The monoisotopic (exact) mass is 335 g/mol. The Morgan fingerprint density at radius 2 is 1.88 bits per heavy atom. The quantitative estimate of drug-likeness (QED) is 0.700. The lowest BCUT2D eigenvalue weighted by molar-refractivity contribution is 0.0510. The molecule has 0 radical (unpaired) electrons. The van der Waals surface area contributed by atoms with E-state index in [1.165, 1.54) is 24.3 Å². The molecule has 1 amide bonds. The summed E-state index contributed by atoms with van der Waals surface area (Å²) in [5.74, 6) is -4.54. The first-order chi connectivity index (χ1) is 11.4. The predicted molar refractivity (Wildman–Crippen MR) is 78.9 cm³/mol. The van der Waals surface area contributed by atoms with E-state index < -0.39 is 40.8 Å². The van der Waals surface area contributed by atoms with Crippen molar-refractivity contribution in [2.24, 2.45) is 0 Å². The molecule has 126 valence electrons. The highest BCUT2D eigenvalue weighted by atomic mass is 19.1. The summed E-state index contributed by atoms with van der Waals surface area (Å²) >= 11 is 0. The van der Waals surface area contributed by atoms with Gasteiger partial charge in [-0.15, -0.1) is 0 Å². The number of aromatic hydroxyl groups is 2. The first-order valence-corrected chi connectivity index (χ1v) is 6.92.